The highest BCUT2D eigenvalue weighted by atomic mass is 15.2. The molecule has 0 spiro atoms. The Kier molecular flexibility index (Phi) is 4.78. The number of benzene rings is 1. The van der Waals surface area contributed by atoms with E-state index in [1.807, 2.05) is 0 Å². The zero-order valence-electron chi connectivity index (χ0n) is 12.5. The summed E-state index contributed by atoms with van der Waals surface area (Å²) in [6, 6.07) is 7.32. The fraction of sp³-hybridized carbons (Fsp3) is 0.529. The molecule has 2 nitrogen and oxygen atoms in total. The third kappa shape index (κ3) is 3.68. The molecule has 1 aliphatic rings. The van der Waals surface area contributed by atoms with Crippen LogP contribution in [0.1, 0.15) is 36.1 Å². The molecular formula is C17H26N2. The van der Waals surface area contributed by atoms with Crippen molar-refractivity contribution >= 4 is 0 Å². The quantitative estimate of drug-likeness (QED) is 0.834. The first-order chi connectivity index (χ1) is 9.08. The number of hydrogen-bond donors (Lipinski definition) is 1. The average Bonchev–Trinajstić information content (AvgIpc) is 2.37. The molecular weight excluding hydrogens is 232 g/mol. The number of nitrogens with zero attached hydrogens (tertiary/aromatic N) is 1. The van der Waals surface area contributed by atoms with E-state index in [2.05, 4.69) is 55.8 Å². The van der Waals surface area contributed by atoms with Gasteiger partial charge in [0.2, 0.25) is 0 Å². The molecule has 1 saturated heterocycles. The van der Waals surface area contributed by atoms with E-state index < -0.39 is 0 Å². The van der Waals surface area contributed by atoms with Crippen molar-refractivity contribution in [2.45, 2.75) is 33.2 Å². The van der Waals surface area contributed by atoms with Crippen LogP contribution in [0.4, 0.5) is 0 Å². The molecule has 0 unspecified atom stereocenters. The molecule has 1 heterocycles. The number of aryl methyl sites for hydroxylation is 2. The van der Waals surface area contributed by atoms with Crippen molar-refractivity contribution in [3.05, 3.63) is 47.0 Å². The van der Waals surface area contributed by atoms with Gasteiger partial charge in [-0.1, -0.05) is 29.3 Å². The van der Waals surface area contributed by atoms with Crippen LogP contribution in [0.2, 0.25) is 0 Å². The first-order valence-corrected chi connectivity index (χ1v) is 7.24. The summed E-state index contributed by atoms with van der Waals surface area (Å²) in [6.07, 6.45) is 1.06. The molecule has 1 aromatic carbocycles. The van der Waals surface area contributed by atoms with Crippen LogP contribution in [-0.2, 0) is 0 Å². The van der Waals surface area contributed by atoms with Gasteiger partial charge in [-0.2, -0.15) is 0 Å². The smallest absolute Gasteiger partial charge is 0.0388 e. The highest BCUT2D eigenvalue weighted by Gasteiger charge is 2.23. The van der Waals surface area contributed by atoms with Gasteiger partial charge in [0.05, 0.1) is 0 Å². The van der Waals surface area contributed by atoms with Gasteiger partial charge in [0.1, 0.15) is 0 Å². The van der Waals surface area contributed by atoms with Gasteiger partial charge >= 0.3 is 0 Å². The lowest BCUT2D eigenvalue weighted by Gasteiger charge is -2.36. The Morgan fingerprint density at radius 2 is 2.00 bits per heavy atom. The summed E-state index contributed by atoms with van der Waals surface area (Å²) in [6.45, 7) is 15.1. The third-order valence-corrected chi connectivity index (χ3v) is 3.92. The number of hydrogen-bond acceptors (Lipinski definition) is 2. The van der Waals surface area contributed by atoms with Gasteiger partial charge in [0.15, 0.2) is 0 Å². The second-order valence-electron chi connectivity index (χ2n) is 5.82. The maximum Gasteiger partial charge on any atom is 0.0388 e. The normalized spacial score (nSPS) is 18.3. The van der Waals surface area contributed by atoms with Crippen molar-refractivity contribution in [3.63, 3.8) is 0 Å². The molecule has 0 radical (unpaired) electrons. The first-order valence-electron chi connectivity index (χ1n) is 7.24. The van der Waals surface area contributed by atoms with E-state index in [4.69, 9.17) is 0 Å². The lowest BCUT2D eigenvalue weighted by atomic mass is 9.93. The van der Waals surface area contributed by atoms with Crippen molar-refractivity contribution < 1.29 is 0 Å². The van der Waals surface area contributed by atoms with Gasteiger partial charge in [-0.05, 0) is 38.3 Å². The van der Waals surface area contributed by atoms with Crippen LogP contribution in [0.25, 0.3) is 0 Å². The highest BCUT2D eigenvalue weighted by molar-refractivity contribution is 5.33. The predicted molar refractivity (Wildman–Crippen MR) is 82.5 cm³/mol. The van der Waals surface area contributed by atoms with Gasteiger partial charge in [-0.15, -0.1) is 6.58 Å². The summed E-state index contributed by atoms with van der Waals surface area (Å²) in [5, 5.41) is 3.43. The Bertz CT molecular complexity index is 445. The highest BCUT2D eigenvalue weighted by Crippen LogP contribution is 2.30. The molecule has 1 aliphatic heterocycles. The van der Waals surface area contributed by atoms with Crippen LogP contribution < -0.4 is 5.32 Å². The maximum atomic E-state index is 4.12. The second-order valence-corrected chi connectivity index (χ2v) is 5.82. The van der Waals surface area contributed by atoms with Crippen LogP contribution in [0.15, 0.2) is 30.4 Å². The molecule has 1 N–H and O–H groups in total. The standard InChI is InChI=1S/C17H26N2/c1-13(2)11-17(19-9-7-18-8-10-19)16-6-5-14(3)12-15(16)4/h5-6,12,17-18H,1,7-11H2,2-4H3/t17-/m1/s1. The van der Waals surface area contributed by atoms with Crippen molar-refractivity contribution in [2.24, 2.45) is 0 Å². The Balaban J connectivity index is 2.27. The molecule has 0 amide bonds. The van der Waals surface area contributed by atoms with Crippen LogP contribution in [-0.4, -0.2) is 31.1 Å². The molecule has 1 atom stereocenters. The molecule has 0 aliphatic carbocycles. The van der Waals surface area contributed by atoms with E-state index in [0.29, 0.717) is 6.04 Å². The summed E-state index contributed by atoms with van der Waals surface area (Å²) >= 11 is 0. The summed E-state index contributed by atoms with van der Waals surface area (Å²) in [5.41, 5.74) is 5.49. The number of nitrogens with one attached hydrogen (secondary N) is 1. The Hall–Kier alpha value is -1.12. The molecule has 2 rings (SSSR count). The number of rotatable bonds is 4. The van der Waals surface area contributed by atoms with Gasteiger partial charge in [0, 0.05) is 32.2 Å². The van der Waals surface area contributed by atoms with Crippen molar-refractivity contribution in [1.29, 1.82) is 0 Å². The van der Waals surface area contributed by atoms with Crippen LogP contribution >= 0.6 is 0 Å². The van der Waals surface area contributed by atoms with E-state index in [9.17, 15) is 0 Å². The van der Waals surface area contributed by atoms with Crippen molar-refractivity contribution in [1.82, 2.24) is 10.2 Å². The summed E-state index contributed by atoms with van der Waals surface area (Å²) in [7, 11) is 0. The van der Waals surface area contributed by atoms with Crippen molar-refractivity contribution in [3.8, 4) is 0 Å². The maximum absolute atomic E-state index is 4.12. The summed E-state index contributed by atoms with van der Waals surface area (Å²) in [5.74, 6) is 0. The van der Waals surface area contributed by atoms with E-state index in [1.54, 1.807) is 0 Å². The molecule has 0 saturated carbocycles. The minimum atomic E-state index is 0.486. The molecule has 19 heavy (non-hydrogen) atoms. The molecule has 0 bridgehead atoms. The van der Waals surface area contributed by atoms with E-state index in [-0.39, 0.29) is 0 Å². The lowest BCUT2D eigenvalue weighted by Crippen LogP contribution is -2.45. The topological polar surface area (TPSA) is 15.3 Å². The second kappa shape index (κ2) is 6.36. The molecule has 2 heteroatoms. The summed E-state index contributed by atoms with van der Waals surface area (Å²) < 4.78 is 0. The Labute approximate surface area is 117 Å². The van der Waals surface area contributed by atoms with Crippen molar-refractivity contribution in [2.75, 3.05) is 26.2 Å². The minimum Gasteiger partial charge on any atom is -0.314 e. The Morgan fingerprint density at radius 3 is 2.58 bits per heavy atom. The van der Waals surface area contributed by atoms with Gasteiger partial charge < -0.3 is 5.32 Å². The molecule has 1 fully saturated rings. The fourth-order valence-corrected chi connectivity index (χ4v) is 2.96. The molecule has 1 aromatic rings. The van der Waals surface area contributed by atoms with Crippen LogP contribution in [0, 0.1) is 13.8 Å². The monoisotopic (exact) mass is 258 g/mol. The first kappa shape index (κ1) is 14.3. The van der Waals surface area contributed by atoms with Gasteiger partial charge in [-0.3, -0.25) is 4.90 Å². The zero-order valence-corrected chi connectivity index (χ0v) is 12.5. The van der Waals surface area contributed by atoms with Crippen LogP contribution in [0.3, 0.4) is 0 Å². The van der Waals surface area contributed by atoms with E-state index in [0.717, 1.165) is 32.6 Å². The van der Waals surface area contributed by atoms with Crippen LogP contribution in [0.5, 0.6) is 0 Å². The van der Waals surface area contributed by atoms with Gasteiger partial charge in [0.25, 0.3) is 0 Å². The predicted octanol–water partition coefficient (Wildman–Crippen LogP) is 3.22. The lowest BCUT2D eigenvalue weighted by molar-refractivity contribution is 0.172. The third-order valence-electron chi connectivity index (χ3n) is 3.92. The average molecular weight is 258 g/mol. The van der Waals surface area contributed by atoms with E-state index >= 15 is 0 Å². The SMILES string of the molecule is C=C(C)C[C@H](c1ccc(C)cc1C)N1CCNCC1. The zero-order chi connectivity index (χ0) is 13.8. The van der Waals surface area contributed by atoms with Gasteiger partial charge in [-0.25, -0.2) is 0 Å². The largest absolute Gasteiger partial charge is 0.314 e. The Morgan fingerprint density at radius 1 is 1.32 bits per heavy atom. The fourth-order valence-electron chi connectivity index (χ4n) is 2.96. The molecule has 0 aromatic heterocycles. The summed E-state index contributed by atoms with van der Waals surface area (Å²) in [4.78, 5) is 2.60. The minimum absolute atomic E-state index is 0.486. The van der Waals surface area contributed by atoms with E-state index in [1.165, 1.54) is 22.3 Å². The molecule has 104 valence electrons. The number of piperazine rings is 1.